The Bertz CT molecular complexity index is 495. The molecule has 1 aromatic carbocycles. The average molecular weight is 348 g/mol. The van der Waals surface area contributed by atoms with E-state index in [1.807, 2.05) is 26.0 Å². The smallest absolute Gasteiger partial charge is 0.211 e. The van der Waals surface area contributed by atoms with Crippen LogP contribution in [-0.2, 0) is 16.4 Å². The van der Waals surface area contributed by atoms with Crippen LogP contribution in [-0.4, -0.2) is 20.3 Å². The molecule has 0 aliphatic heterocycles. The van der Waals surface area contributed by atoms with Crippen molar-refractivity contribution in [2.45, 2.75) is 38.5 Å². The van der Waals surface area contributed by atoms with Crippen molar-refractivity contribution in [1.29, 1.82) is 0 Å². The average Bonchev–Trinajstić information content (AvgIpc) is 2.38. The molecule has 1 N–H and O–H groups in total. The Balaban J connectivity index is 2.77. The number of hydrogen-bond acceptors (Lipinski definition) is 2. The maximum Gasteiger partial charge on any atom is 0.240 e. The van der Waals surface area contributed by atoms with Crippen LogP contribution in [0, 0.1) is 5.41 Å². The number of alkyl halides is 1. The number of sulfonamides is 1. The summed E-state index contributed by atoms with van der Waals surface area (Å²) in [7, 11) is -3.41. The summed E-state index contributed by atoms with van der Waals surface area (Å²) in [6, 6.07) is 7.12. The summed E-state index contributed by atoms with van der Waals surface area (Å²) in [6.45, 7) is 6.54. The number of aryl methyl sites for hydroxylation is 1. The van der Waals surface area contributed by atoms with Crippen LogP contribution in [0.4, 0.5) is 0 Å². The Morgan fingerprint density at radius 3 is 2.26 bits per heavy atom. The second-order valence-corrected chi connectivity index (χ2v) is 7.84. The SMILES string of the molecule is CCCc1ccc(S(=O)(=O)NCC(C)(C)CBr)cc1. The maximum atomic E-state index is 12.1. The zero-order chi connectivity index (χ0) is 14.5. The molecular formula is C14H22BrNO2S. The number of benzene rings is 1. The van der Waals surface area contributed by atoms with Gasteiger partial charge in [-0.25, -0.2) is 13.1 Å². The van der Waals surface area contributed by atoms with Crippen molar-refractivity contribution in [3.05, 3.63) is 29.8 Å². The molecule has 0 heterocycles. The zero-order valence-electron chi connectivity index (χ0n) is 11.7. The Hall–Kier alpha value is -0.390. The Morgan fingerprint density at radius 2 is 1.79 bits per heavy atom. The summed E-state index contributed by atoms with van der Waals surface area (Å²) in [5, 5.41) is 0.748. The number of rotatable bonds is 7. The highest BCUT2D eigenvalue weighted by molar-refractivity contribution is 9.09. The molecule has 0 saturated heterocycles. The van der Waals surface area contributed by atoms with Crippen molar-refractivity contribution < 1.29 is 8.42 Å². The Kier molecular flexibility index (Phi) is 6.02. The number of nitrogens with one attached hydrogen (secondary N) is 1. The summed E-state index contributed by atoms with van der Waals surface area (Å²) >= 11 is 3.39. The van der Waals surface area contributed by atoms with Gasteiger partial charge in [0.2, 0.25) is 10.0 Å². The molecule has 0 atom stereocenters. The van der Waals surface area contributed by atoms with Gasteiger partial charge >= 0.3 is 0 Å². The first-order chi connectivity index (χ1) is 8.80. The van der Waals surface area contributed by atoms with E-state index in [0.717, 1.165) is 18.2 Å². The van der Waals surface area contributed by atoms with Crippen molar-refractivity contribution in [2.75, 3.05) is 11.9 Å². The van der Waals surface area contributed by atoms with Gasteiger partial charge in [0.25, 0.3) is 0 Å². The third-order valence-corrected chi connectivity index (χ3v) is 5.81. The Morgan fingerprint density at radius 1 is 1.21 bits per heavy atom. The van der Waals surface area contributed by atoms with Crippen molar-refractivity contribution in [1.82, 2.24) is 4.72 Å². The summed E-state index contributed by atoms with van der Waals surface area (Å²) in [6.07, 6.45) is 2.04. The molecular weight excluding hydrogens is 326 g/mol. The molecule has 0 amide bonds. The Labute approximate surface area is 125 Å². The van der Waals surface area contributed by atoms with Crippen LogP contribution in [0.3, 0.4) is 0 Å². The molecule has 19 heavy (non-hydrogen) atoms. The second-order valence-electron chi connectivity index (χ2n) is 5.52. The van der Waals surface area contributed by atoms with Gasteiger partial charge in [-0.2, -0.15) is 0 Å². The lowest BCUT2D eigenvalue weighted by Gasteiger charge is -2.21. The normalized spacial score (nSPS) is 12.6. The van der Waals surface area contributed by atoms with Crippen LogP contribution < -0.4 is 4.72 Å². The van der Waals surface area contributed by atoms with Gasteiger partial charge in [0, 0.05) is 11.9 Å². The van der Waals surface area contributed by atoms with E-state index in [-0.39, 0.29) is 5.41 Å². The van der Waals surface area contributed by atoms with Crippen LogP contribution in [0.5, 0.6) is 0 Å². The molecule has 0 aliphatic carbocycles. The molecule has 1 aromatic rings. The molecule has 3 nitrogen and oxygen atoms in total. The largest absolute Gasteiger partial charge is 0.240 e. The molecule has 0 unspecified atom stereocenters. The molecule has 0 saturated carbocycles. The molecule has 0 aromatic heterocycles. The molecule has 0 radical (unpaired) electrons. The highest BCUT2D eigenvalue weighted by atomic mass is 79.9. The van der Waals surface area contributed by atoms with Gasteiger partial charge in [0.05, 0.1) is 4.90 Å². The van der Waals surface area contributed by atoms with Crippen LogP contribution in [0.25, 0.3) is 0 Å². The lowest BCUT2D eigenvalue weighted by molar-refractivity contribution is 0.420. The molecule has 5 heteroatoms. The van der Waals surface area contributed by atoms with E-state index in [2.05, 4.69) is 27.6 Å². The first-order valence-electron chi connectivity index (χ1n) is 6.45. The summed E-state index contributed by atoms with van der Waals surface area (Å²) < 4.78 is 26.9. The summed E-state index contributed by atoms with van der Waals surface area (Å²) in [4.78, 5) is 0.331. The lowest BCUT2D eigenvalue weighted by atomic mass is 9.98. The van der Waals surface area contributed by atoms with Crippen LogP contribution in [0.15, 0.2) is 29.2 Å². The van der Waals surface area contributed by atoms with Crippen molar-refractivity contribution in [2.24, 2.45) is 5.41 Å². The van der Waals surface area contributed by atoms with Gasteiger partial charge in [0.15, 0.2) is 0 Å². The fourth-order valence-corrected chi connectivity index (χ4v) is 2.98. The van der Waals surface area contributed by atoms with Crippen LogP contribution in [0.2, 0.25) is 0 Å². The predicted octanol–water partition coefficient (Wildman–Crippen LogP) is 3.34. The molecule has 0 spiro atoms. The molecule has 108 valence electrons. The highest BCUT2D eigenvalue weighted by Crippen LogP contribution is 2.18. The minimum absolute atomic E-state index is 0.102. The topological polar surface area (TPSA) is 46.2 Å². The van der Waals surface area contributed by atoms with Gasteiger partial charge < -0.3 is 0 Å². The minimum Gasteiger partial charge on any atom is -0.211 e. The van der Waals surface area contributed by atoms with E-state index in [4.69, 9.17) is 0 Å². The predicted molar refractivity (Wildman–Crippen MR) is 83.2 cm³/mol. The van der Waals surface area contributed by atoms with E-state index in [1.165, 1.54) is 5.56 Å². The van der Waals surface area contributed by atoms with Crippen molar-refractivity contribution in [3.8, 4) is 0 Å². The molecule has 0 fully saturated rings. The quantitative estimate of drug-likeness (QED) is 0.768. The molecule has 1 rings (SSSR count). The molecule has 0 bridgehead atoms. The van der Waals surface area contributed by atoms with Gasteiger partial charge in [-0.1, -0.05) is 55.3 Å². The zero-order valence-corrected chi connectivity index (χ0v) is 14.1. The van der Waals surface area contributed by atoms with E-state index in [1.54, 1.807) is 12.1 Å². The first kappa shape index (κ1) is 16.7. The van der Waals surface area contributed by atoms with Crippen molar-refractivity contribution >= 4 is 26.0 Å². The van der Waals surface area contributed by atoms with E-state index in [9.17, 15) is 8.42 Å². The van der Waals surface area contributed by atoms with Gasteiger partial charge in [-0.15, -0.1) is 0 Å². The fraction of sp³-hybridized carbons (Fsp3) is 0.571. The van der Waals surface area contributed by atoms with Gasteiger partial charge in [-0.05, 0) is 29.5 Å². The fourth-order valence-electron chi connectivity index (χ4n) is 1.54. The van der Waals surface area contributed by atoms with Crippen molar-refractivity contribution in [3.63, 3.8) is 0 Å². The van der Waals surface area contributed by atoms with Crippen LogP contribution in [0.1, 0.15) is 32.8 Å². The standard InChI is InChI=1S/C14H22BrNO2S/c1-4-5-12-6-8-13(9-7-12)19(17,18)16-11-14(2,3)10-15/h6-9,16H,4-5,10-11H2,1-3H3. The molecule has 0 aliphatic rings. The van der Waals surface area contributed by atoms with E-state index < -0.39 is 10.0 Å². The summed E-state index contributed by atoms with van der Waals surface area (Å²) in [5.41, 5.74) is 1.07. The number of hydrogen-bond donors (Lipinski definition) is 1. The van der Waals surface area contributed by atoms with E-state index >= 15 is 0 Å². The second kappa shape index (κ2) is 6.86. The first-order valence-corrected chi connectivity index (χ1v) is 9.06. The monoisotopic (exact) mass is 347 g/mol. The maximum absolute atomic E-state index is 12.1. The van der Waals surface area contributed by atoms with Gasteiger partial charge in [0.1, 0.15) is 0 Å². The van der Waals surface area contributed by atoms with Crippen LogP contribution >= 0.6 is 15.9 Å². The third kappa shape index (κ3) is 5.24. The van der Waals surface area contributed by atoms with E-state index in [0.29, 0.717) is 11.4 Å². The minimum atomic E-state index is -3.41. The third-order valence-electron chi connectivity index (χ3n) is 2.87. The highest BCUT2D eigenvalue weighted by Gasteiger charge is 2.21. The summed E-state index contributed by atoms with van der Waals surface area (Å²) in [5.74, 6) is 0. The lowest BCUT2D eigenvalue weighted by Crippen LogP contribution is -2.34. The van der Waals surface area contributed by atoms with Gasteiger partial charge in [-0.3, -0.25) is 0 Å². The number of halogens is 1.